The molecule has 1 N–H and O–H groups in total. The SMILES string of the molecule is [C-]#[N+]c1ccc(N2C(c3[c-]c(Oc4ccc5cc(C(C)(C)C)cc(O)c5n4)cc(C)c3)=N[C@H]3CCCCC(C)(C)[C@@H]32)cc1.[Pt]. The van der Waals surface area contributed by atoms with Crippen molar-refractivity contribution in [2.75, 3.05) is 4.90 Å². The maximum absolute atomic E-state index is 10.8. The number of pyridine rings is 1. The number of hydrogen-bond acceptors (Lipinski definition) is 5. The van der Waals surface area contributed by atoms with Crippen LogP contribution in [0, 0.1) is 25.0 Å². The molecular formula is C37H39N4O2Pt-. The minimum atomic E-state index is -0.0878. The minimum absolute atomic E-state index is 0. The van der Waals surface area contributed by atoms with Gasteiger partial charge in [0, 0.05) is 44.0 Å². The number of aromatic nitrogens is 1. The van der Waals surface area contributed by atoms with E-state index in [2.05, 4.69) is 67.5 Å². The molecule has 0 bridgehead atoms. The zero-order valence-corrected chi connectivity index (χ0v) is 28.5. The summed E-state index contributed by atoms with van der Waals surface area (Å²) in [4.78, 5) is 16.0. The van der Waals surface area contributed by atoms with Crippen molar-refractivity contribution in [2.24, 2.45) is 10.4 Å². The molecule has 1 aliphatic carbocycles. The monoisotopic (exact) mass is 766 g/mol. The fraction of sp³-hybridized carbons (Fsp3) is 0.378. The van der Waals surface area contributed by atoms with E-state index in [0.29, 0.717) is 22.8 Å². The smallest absolute Gasteiger partial charge is 0.217 e. The Morgan fingerprint density at radius 2 is 1.80 bits per heavy atom. The van der Waals surface area contributed by atoms with Crippen LogP contribution in [-0.4, -0.2) is 28.0 Å². The third kappa shape index (κ3) is 6.13. The quantitative estimate of drug-likeness (QED) is 0.211. The number of phenolic OH excluding ortho intramolecular Hbond substituents is 1. The molecular weight excluding hydrogens is 728 g/mol. The van der Waals surface area contributed by atoms with Crippen LogP contribution >= 0.6 is 0 Å². The molecule has 1 aromatic heterocycles. The summed E-state index contributed by atoms with van der Waals surface area (Å²) in [5, 5.41) is 11.7. The largest absolute Gasteiger partial charge is 0.506 e. The molecule has 1 saturated carbocycles. The number of fused-ring (bicyclic) bond motifs is 2. The van der Waals surface area contributed by atoms with Gasteiger partial charge in [0.1, 0.15) is 11.3 Å². The van der Waals surface area contributed by atoms with Gasteiger partial charge in [0.25, 0.3) is 0 Å². The zero-order chi connectivity index (χ0) is 30.5. The molecule has 2 atom stereocenters. The molecule has 1 fully saturated rings. The van der Waals surface area contributed by atoms with E-state index in [1.807, 2.05) is 49.4 Å². The topological polar surface area (TPSA) is 62.3 Å². The van der Waals surface area contributed by atoms with Gasteiger partial charge in [-0.1, -0.05) is 78.6 Å². The molecule has 2 heterocycles. The molecule has 2 aliphatic rings. The van der Waals surface area contributed by atoms with Crippen LogP contribution in [0.4, 0.5) is 11.4 Å². The molecule has 230 valence electrons. The molecule has 6 nitrogen and oxygen atoms in total. The van der Waals surface area contributed by atoms with Gasteiger partial charge in [-0.2, -0.15) is 0 Å². The predicted octanol–water partition coefficient (Wildman–Crippen LogP) is 9.29. The third-order valence-corrected chi connectivity index (χ3v) is 8.84. The first-order valence-electron chi connectivity index (χ1n) is 15.1. The second-order valence-electron chi connectivity index (χ2n) is 13.7. The van der Waals surface area contributed by atoms with Crippen molar-refractivity contribution in [1.29, 1.82) is 0 Å². The van der Waals surface area contributed by atoms with Gasteiger partial charge in [-0.3, -0.25) is 0 Å². The van der Waals surface area contributed by atoms with E-state index < -0.39 is 0 Å². The molecule has 4 aromatic rings. The van der Waals surface area contributed by atoms with Gasteiger partial charge in [0.2, 0.25) is 5.88 Å². The van der Waals surface area contributed by atoms with Crippen LogP contribution in [0.5, 0.6) is 17.4 Å². The summed E-state index contributed by atoms with van der Waals surface area (Å²) >= 11 is 0. The molecule has 0 saturated heterocycles. The maximum Gasteiger partial charge on any atom is 0.217 e. The van der Waals surface area contributed by atoms with Crippen molar-refractivity contribution in [1.82, 2.24) is 4.98 Å². The Labute approximate surface area is 275 Å². The number of hydrogen-bond donors (Lipinski definition) is 1. The van der Waals surface area contributed by atoms with Gasteiger partial charge in [0.05, 0.1) is 24.5 Å². The molecule has 6 rings (SSSR count). The Bertz CT molecular complexity index is 1770. The maximum atomic E-state index is 10.8. The molecule has 1 aliphatic heterocycles. The first-order chi connectivity index (χ1) is 20.4. The fourth-order valence-electron chi connectivity index (χ4n) is 6.60. The van der Waals surface area contributed by atoms with Crippen LogP contribution in [0.2, 0.25) is 0 Å². The van der Waals surface area contributed by atoms with E-state index in [0.717, 1.165) is 52.9 Å². The van der Waals surface area contributed by atoms with Gasteiger partial charge in [-0.15, -0.1) is 17.2 Å². The molecule has 44 heavy (non-hydrogen) atoms. The predicted molar refractivity (Wildman–Crippen MR) is 174 cm³/mol. The second-order valence-corrected chi connectivity index (χ2v) is 13.7. The number of nitrogens with zero attached hydrogens (tertiary/aromatic N) is 4. The number of aryl methyl sites for hydroxylation is 1. The minimum Gasteiger partial charge on any atom is -0.506 e. The average molecular weight is 767 g/mol. The second kappa shape index (κ2) is 12.0. The average Bonchev–Trinajstić information content (AvgIpc) is 3.28. The van der Waals surface area contributed by atoms with Crippen molar-refractivity contribution in [3.63, 3.8) is 0 Å². The van der Waals surface area contributed by atoms with Gasteiger partial charge in [0.15, 0.2) is 5.69 Å². The standard InChI is InChI=1S/C37H39N4O2.Pt/c1-23-18-25(21-29(19-23)43-32-16-11-24-20-26(36(2,3)4)22-31(42)33(24)40-32)35-39-30-10-8-9-17-37(5,6)34(30)41(35)28-14-12-27(38-7)13-15-28;/h11-16,18-20,22,30,34,42H,8-10,17H2,1-6H3;/q-1;/t30-,34+;/m0./s1. The Hall–Kier alpha value is -3.68. The first-order valence-corrected chi connectivity index (χ1v) is 15.1. The van der Waals surface area contributed by atoms with Gasteiger partial charge in [-0.05, 0) is 59.6 Å². The van der Waals surface area contributed by atoms with Crippen LogP contribution < -0.4 is 9.64 Å². The van der Waals surface area contributed by atoms with Crippen molar-refractivity contribution in [3.8, 4) is 17.4 Å². The van der Waals surface area contributed by atoms with Crippen LogP contribution in [-0.2, 0) is 26.5 Å². The molecule has 7 heteroatoms. The van der Waals surface area contributed by atoms with E-state index in [1.165, 1.54) is 6.42 Å². The van der Waals surface area contributed by atoms with E-state index in [1.54, 1.807) is 6.07 Å². The van der Waals surface area contributed by atoms with E-state index >= 15 is 0 Å². The van der Waals surface area contributed by atoms with Crippen LogP contribution in [0.3, 0.4) is 0 Å². The molecule has 0 spiro atoms. The summed E-state index contributed by atoms with van der Waals surface area (Å²) in [6, 6.07) is 23.4. The molecule has 0 amide bonds. The molecule has 0 unspecified atom stereocenters. The summed E-state index contributed by atoms with van der Waals surface area (Å²) in [5.41, 5.74) is 5.08. The number of amidine groups is 1. The van der Waals surface area contributed by atoms with E-state index in [9.17, 15) is 5.11 Å². The van der Waals surface area contributed by atoms with Crippen molar-refractivity contribution < 1.29 is 30.9 Å². The number of anilines is 1. The number of aromatic hydroxyl groups is 1. The summed E-state index contributed by atoms with van der Waals surface area (Å²) in [7, 11) is 0. The van der Waals surface area contributed by atoms with Crippen molar-refractivity contribution in [2.45, 2.75) is 84.7 Å². The van der Waals surface area contributed by atoms with Crippen LogP contribution in [0.25, 0.3) is 15.7 Å². The van der Waals surface area contributed by atoms with Gasteiger partial charge in [-0.25, -0.2) is 9.83 Å². The third-order valence-electron chi connectivity index (χ3n) is 8.84. The van der Waals surface area contributed by atoms with Crippen molar-refractivity contribution in [3.05, 3.63) is 94.8 Å². The number of aliphatic imine (C=N–C) groups is 1. The Kier molecular flexibility index (Phi) is 8.67. The van der Waals surface area contributed by atoms with Gasteiger partial charge < -0.3 is 19.7 Å². The summed E-state index contributed by atoms with van der Waals surface area (Å²) in [6.45, 7) is 20.5. The Morgan fingerprint density at radius 3 is 2.50 bits per heavy atom. The zero-order valence-electron chi connectivity index (χ0n) is 26.2. The normalized spacial score (nSPS) is 19.4. The summed E-state index contributed by atoms with van der Waals surface area (Å²) in [5.74, 6) is 1.96. The Balaban J connectivity index is 0.00000384. The van der Waals surface area contributed by atoms with Crippen LogP contribution in [0.15, 0.2) is 65.7 Å². The van der Waals surface area contributed by atoms with Crippen molar-refractivity contribution >= 4 is 28.1 Å². The van der Waals surface area contributed by atoms with Crippen LogP contribution in [0.1, 0.15) is 77.0 Å². The molecule has 3 aromatic carbocycles. The number of ether oxygens (including phenoxy) is 1. The number of rotatable bonds is 4. The first kappa shape index (κ1) is 31.7. The number of phenols is 1. The van der Waals surface area contributed by atoms with Gasteiger partial charge >= 0.3 is 0 Å². The fourth-order valence-corrected chi connectivity index (χ4v) is 6.60. The number of benzene rings is 3. The summed E-state index contributed by atoms with van der Waals surface area (Å²) in [6.07, 6.45) is 4.55. The van der Waals surface area contributed by atoms with E-state index in [4.69, 9.17) is 16.3 Å². The summed E-state index contributed by atoms with van der Waals surface area (Å²) < 4.78 is 6.29. The Morgan fingerprint density at radius 1 is 1.05 bits per heavy atom. The molecule has 0 radical (unpaired) electrons. The van der Waals surface area contributed by atoms with E-state index in [-0.39, 0.29) is 49.7 Å².